The number of carbonyl (C=O) groups excluding carboxylic acids is 2. The van der Waals surface area contributed by atoms with Crippen molar-refractivity contribution >= 4 is 34.6 Å². The summed E-state index contributed by atoms with van der Waals surface area (Å²) in [4.78, 5) is 28.0. The van der Waals surface area contributed by atoms with E-state index in [9.17, 15) is 9.59 Å². The maximum absolute atomic E-state index is 12.4. The largest absolute Gasteiger partial charge is 0.361 e. The topological polar surface area (TPSA) is 86.3 Å². The molecule has 0 atom stereocenters. The Bertz CT molecular complexity index is 1240. The molecular weight excluding hydrogens is 376 g/mol. The first-order valence-electron chi connectivity index (χ1n) is 9.48. The zero-order chi connectivity index (χ0) is 20.9. The number of nitrogens with zero attached hydrogens (tertiary/aromatic N) is 1. The van der Waals surface area contributed by atoms with Crippen LogP contribution in [0.25, 0.3) is 10.9 Å². The Kier molecular flexibility index (Phi) is 5.39. The molecule has 0 unspecified atom stereocenters. The number of benzene rings is 3. The molecule has 1 aromatic heterocycles. The number of aromatic nitrogens is 1. The molecule has 0 radical (unpaired) electrons. The predicted octanol–water partition coefficient (Wildman–Crippen LogP) is 4.49. The maximum Gasteiger partial charge on any atom is 0.271 e. The summed E-state index contributed by atoms with van der Waals surface area (Å²) in [6.45, 7) is 1.96. The van der Waals surface area contributed by atoms with Gasteiger partial charge in [0.1, 0.15) is 0 Å². The summed E-state index contributed by atoms with van der Waals surface area (Å²) in [6, 6.07) is 21.9. The molecule has 0 bridgehead atoms. The number of fused-ring (bicyclic) bond motifs is 1. The Morgan fingerprint density at radius 3 is 2.53 bits per heavy atom. The lowest BCUT2D eigenvalue weighted by molar-refractivity contribution is 0.0953. The van der Waals surface area contributed by atoms with Crippen molar-refractivity contribution in [2.24, 2.45) is 5.10 Å². The summed E-state index contributed by atoms with van der Waals surface area (Å²) >= 11 is 0. The van der Waals surface area contributed by atoms with Crippen LogP contribution in [0.4, 0.5) is 5.69 Å². The SMILES string of the molecule is Cc1ccc(C(=O)Nc2cccc(C(=O)N/N=C/c3c[nH]c4ccccc34)c2)cc1. The number of aromatic amines is 1. The van der Waals surface area contributed by atoms with E-state index in [-0.39, 0.29) is 11.8 Å². The minimum absolute atomic E-state index is 0.232. The molecule has 2 amide bonds. The standard InChI is InChI=1S/C24H20N4O2/c1-16-9-11-17(12-10-16)23(29)27-20-6-4-5-18(13-20)24(30)28-26-15-19-14-25-22-8-3-2-7-21(19)22/h2-15,25H,1H3,(H,27,29)(H,28,30)/b26-15+. The summed E-state index contributed by atoms with van der Waals surface area (Å²) in [5.74, 6) is -0.595. The van der Waals surface area contributed by atoms with Gasteiger partial charge in [-0.15, -0.1) is 0 Å². The predicted molar refractivity (Wildman–Crippen MR) is 119 cm³/mol. The number of nitrogens with one attached hydrogen (secondary N) is 3. The lowest BCUT2D eigenvalue weighted by Crippen LogP contribution is -2.18. The molecule has 0 aliphatic carbocycles. The zero-order valence-electron chi connectivity index (χ0n) is 16.3. The Hall–Kier alpha value is -4.19. The first-order chi connectivity index (χ1) is 14.6. The molecule has 4 aromatic rings. The van der Waals surface area contributed by atoms with Crippen LogP contribution < -0.4 is 10.7 Å². The van der Waals surface area contributed by atoms with E-state index in [2.05, 4.69) is 20.8 Å². The van der Waals surface area contributed by atoms with Gasteiger partial charge in [-0.25, -0.2) is 5.43 Å². The summed E-state index contributed by atoms with van der Waals surface area (Å²) in [6.07, 6.45) is 3.43. The molecular formula is C24H20N4O2. The van der Waals surface area contributed by atoms with Gasteiger partial charge in [-0.1, -0.05) is 42.0 Å². The second kappa shape index (κ2) is 8.45. The fourth-order valence-electron chi connectivity index (χ4n) is 3.07. The number of aryl methyl sites for hydroxylation is 1. The second-order valence-electron chi connectivity index (χ2n) is 6.89. The van der Waals surface area contributed by atoms with Gasteiger partial charge < -0.3 is 10.3 Å². The molecule has 1 heterocycles. The van der Waals surface area contributed by atoms with Crippen molar-refractivity contribution in [2.45, 2.75) is 6.92 Å². The highest BCUT2D eigenvalue weighted by Gasteiger charge is 2.09. The first-order valence-corrected chi connectivity index (χ1v) is 9.48. The van der Waals surface area contributed by atoms with E-state index in [1.54, 1.807) is 42.6 Å². The molecule has 6 nitrogen and oxygen atoms in total. The van der Waals surface area contributed by atoms with Crippen LogP contribution in [0.1, 0.15) is 31.8 Å². The number of hydrogen-bond donors (Lipinski definition) is 3. The van der Waals surface area contributed by atoms with Gasteiger partial charge in [0, 0.05) is 39.5 Å². The number of H-pyrrole nitrogens is 1. The molecule has 0 aliphatic heterocycles. The average molecular weight is 396 g/mol. The molecule has 0 fully saturated rings. The maximum atomic E-state index is 12.4. The van der Waals surface area contributed by atoms with Gasteiger partial charge >= 0.3 is 0 Å². The summed E-state index contributed by atoms with van der Waals surface area (Å²) in [5, 5.41) is 7.89. The molecule has 30 heavy (non-hydrogen) atoms. The van der Waals surface area contributed by atoms with Crippen molar-refractivity contribution in [3.8, 4) is 0 Å². The van der Waals surface area contributed by atoms with E-state index in [0.29, 0.717) is 16.8 Å². The first kappa shape index (κ1) is 19.1. The lowest BCUT2D eigenvalue weighted by atomic mass is 10.1. The van der Waals surface area contributed by atoms with Crippen LogP contribution >= 0.6 is 0 Å². The molecule has 3 N–H and O–H groups in total. The third kappa shape index (κ3) is 4.28. The molecule has 0 saturated heterocycles. The molecule has 0 spiro atoms. The number of amides is 2. The number of anilines is 1. The van der Waals surface area contributed by atoms with Crippen molar-refractivity contribution in [1.82, 2.24) is 10.4 Å². The van der Waals surface area contributed by atoms with Gasteiger partial charge in [-0.3, -0.25) is 9.59 Å². The molecule has 0 aliphatic rings. The third-order valence-corrected chi connectivity index (χ3v) is 4.69. The molecule has 4 rings (SSSR count). The van der Waals surface area contributed by atoms with Crippen molar-refractivity contribution < 1.29 is 9.59 Å². The minimum Gasteiger partial charge on any atom is -0.361 e. The molecule has 0 saturated carbocycles. The number of rotatable bonds is 5. The van der Waals surface area contributed by atoms with Crippen molar-refractivity contribution in [2.75, 3.05) is 5.32 Å². The van der Waals surface area contributed by atoms with Gasteiger partial charge in [0.05, 0.1) is 6.21 Å². The van der Waals surface area contributed by atoms with Crippen LogP contribution in [0.3, 0.4) is 0 Å². The zero-order valence-corrected chi connectivity index (χ0v) is 16.3. The van der Waals surface area contributed by atoms with Crippen molar-refractivity contribution in [3.63, 3.8) is 0 Å². The number of carbonyl (C=O) groups is 2. The van der Waals surface area contributed by atoms with E-state index in [1.807, 2.05) is 49.5 Å². The highest BCUT2D eigenvalue weighted by Crippen LogP contribution is 2.16. The van der Waals surface area contributed by atoms with E-state index in [4.69, 9.17) is 0 Å². The quantitative estimate of drug-likeness (QED) is 0.343. The average Bonchev–Trinajstić information content (AvgIpc) is 3.17. The Labute approximate surface area is 173 Å². The van der Waals surface area contributed by atoms with Gasteiger partial charge in [0.25, 0.3) is 11.8 Å². The third-order valence-electron chi connectivity index (χ3n) is 4.69. The van der Waals surface area contributed by atoms with Crippen LogP contribution in [0.2, 0.25) is 0 Å². The van der Waals surface area contributed by atoms with E-state index in [1.165, 1.54) is 0 Å². The van der Waals surface area contributed by atoms with Crippen molar-refractivity contribution in [3.05, 3.63) is 101 Å². The van der Waals surface area contributed by atoms with E-state index < -0.39 is 0 Å². The van der Waals surface area contributed by atoms with Gasteiger partial charge in [-0.2, -0.15) is 5.10 Å². The van der Waals surface area contributed by atoms with Crippen molar-refractivity contribution in [1.29, 1.82) is 0 Å². The Morgan fingerprint density at radius 1 is 0.900 bits per heavy atom. The fourth-order valence-corrected chi connectivity index (χ4v) is 3.07. The van der Waals surface area contributed by atoms with Gasteiger partial charge in [0.15, 0.2) is 0 Å². The van der Waals surface area contributed by atoms with Gasteiger partial charge in [-0.05, 0) is 43.3 Å². The molecule has 3 aromatic carbocycles. The molecule has 148 valence electrons. The van der Waals surface area contributed by atoms with E-state index >= 15 is 0 Å². The van der Waals surface area contributed by atoms with Crippen LogP contribution in [0.15, 0.2) is 84.1 Å². The Balaban J connectivity index is 1.42. The van der Waals surface area contributed by atoms with Crippen LogP contribution in [0.5, 0.6) is 0 Å². The van der Waals surface area contributed by atoms with Crippen LogP contribution in [-0.4, -0.2) is 23.0 Å². The summed E-state index contributed by atoms with van der Waals surface area (Å²) in [5.41, 5.74) is 6.97. The lowest BCUT2D eigenvalue weighted by Gasteiger charge is -2.07. The number of para-hydroxylation sites is 1. The monoisotopic (exact) mass is 396 g/mol. The highest BCUT2D eigenvalue weighted by atomic mass is 16.2. The van der Waals surface area contributed by atoms with Crippen LogP contribution in [0, 0.1) is 6.92 Å². The summed E-state index contributed by atoms with van der Waals surface area (Å²) < 4.78 is 0. The second-order valence-corrected chi connectivity index (χ2v) is 6.89. The normalized spacial score (nSPS) is 11.0. The Morgan fingerprint density at radius 2 is 1.70 bits per heavy atom. The number of hydrogen-bond acceptors (Lipinski definition) is 3. The fraction of sp³-hybridized carbons (Fsp3) is 0.0417. The number of hydrazone groups is 1. The van der Waals surface area contributed by atoms with E-state index in [0.717, 1.165) is 22.0 Å². The smallest absolute Gasteiger partial charge is 0.271 e. The minimum atomic E-state index is -0.363. The molecule has 6 heteroatoms. The van der Waals surface area contributed by atoms with Gasteiger partial charge in [0.2, 0.25) is 0 Å². The summed E-state index contributed by atoms with van der Waals surface area (Å²) in [7, 11) is 0. The highest BCUT2D eigenvalue weighted by molar-refractivity contribution is 6.05. The van der Waals surface area contributed by atoms with Crippen LogP contribution in [-0.2, 0) is 0 Å².